The van der Waals surface area contributed by atoms with Crippen molar-refractivity contribution >= 4 is 46.6 Å². The van der Waals surface area contributed by atoms with E-state index < -0.39 is 10.8 Å². The topological polar surface area (TPSA) is 116 Å². The van der Waals surface area contributed by atoms with Crippen LogP contribution in [0.4, 0.5) is 11.4 Å². The first-order chi connectivity index (χ1) is 11.8. The normalized spacial score (nSPS) is 10.8. The van der Waals surface area contributed by atoms with Crippen molar-refractivity contribution in [1.29, 1.82) is 5.26 Å². The summed E-state index contributed by atoms with van der Waals surface area (Å²) in [5.41, 5.74) is 0.0300. The van der Waals surface area contributed by atoms with Gasteiger partial charge in [0.2, 0.25) is 0 Å². The number of nitrogens with one attached hydrogen (secondary N) is 1. The Bertz CT molecular complexity index is 912. The van der Waals surface area contributed by atoms with Gasteiger partial charge in [-0.05, 0) is 29.8 Å². The lowest BCUT2D eigenvalue weighted by Gasteiger charge is -2.05. The third-order valence-electron chi connectivity index (χ3n) is 3.03. The lowest BCUT2D eigenvalue weighted by Crippen LogP contribution is -2.13. The van der Waals surface area contributed by atoms with E-state index >= 15 is 0 Å². The predicted octanol–water partition coefficient (Wildman–Crippen LogP) is 4.15. The minimum Gasteiger partial charge on any atom is -0.505 e. The predicted molar refractivity (Wildman–Crippen MR) is 93.4 cm³/mol. The Morgan fingerprint density at radius 2 is 1.92 bits per heavy atom. The Hall–Kier alpha value is -3.08. The molecule has 0 unspecified atom stereocenters. The number of phenolic OH excluding ortho intramolecular Hbond substituents is 1. The van der Waals surface area contributed by atoms with E-state index in [4.69, 9.17) is 28.5 Å². The zero-order valence-electron chi connectivity index (χ0n) is 12.4. The van der Waals surface area contributed by atoms with Gasteiger partial charge >= 0.3 is 0 Å². The molecule has 0 aromatic heterocycles. The van der Waals surface area contributed by atoms with E-state index in [1.807, 2.05) is 0 Å². The maximum absolute atomic E-state index is 12.2. The second kappa shape index (κ2) is 7.66. The van der Waals surface area contributed by atoms with E-state index in [1.165, 1.54) is 42.5 Å². The molecule has 2 N–H and O–H groups in total. The van der Waals surface area contributed by atoms with Gasteiger partial charge in [0.25, 0.3) is 11.6 Å². The van der Waals surface area contributed by atoms with Crippen LogP contribution < -0.4 is 5.32 Å². The minimum atomic E-state index is -0.761. The second-order valence-electron chi connectivity index (χ2n) is 4.76. The highest BCUT2D eigenvalue weighted by Gasteiger charge is 2.13. The quantitative estimate of drug-likeness (QED) is 0.359. The number of nitro groups is 1. The molecule has 0 aliphatic carbocycles. The number of rotatable bonds is 4. The summed E-state index contributed by atoms with van der Waals surface area (Å²) in [5, 5.41) is 31.8. The van der Waals surface area contributed by atoms with E-state index in [-0.39, 0.29) is 32.7 Å². The van der Waals surface area contributed by atoms with Crippen LogP contribution in [0.25, 0.3) is 6.08 Å². The molecule has 126 valence electrons. The number of phenols is 1. The molecule has 25 heavy (non-hydrogen) atoms. The fourth-order valence-corrected chi connectivity index (χ4v) is 2.38. The van der Waals surface area contributed by atoms with Gasteiger partial charge in [0, 0.05) is 17.8 Å². The molecule has 2 aromatic carbocycles. The molecule has 0 bridgehead atoms. The van der Waals surface area contributed by atoms with Crippen LogP contribution in [-0.2, 0) is 4.79 Å². The van der Waals surface area contributed by atoms with Crippen molar-refractivity contribution in [3.05, 3.63) is 67.7 Å². The number of hydrogen-bond acceptors (Lipinski definition) is 5. The van der Waals surface area contributed by atoms with E-state index in [0.29, 0.717) is 5.56 Å². The highest BCUT2D eigenvalue weighted by atomic mass is 35.5. The van der Waals surface area contributed by atoms with Crippen molar-refractivity contribution in [1.82, 2.24) is 0 Å². The van der Waals surface area contributed by atoms with Gasteiger partial charge in [-0.3, -0.25) is 14.9 Å². The Kier molecular flexibility index (Phi) is 5.60. The first kappa shape index (κ1) is 18.3. The number of nitro benzene ring substituents is 1. The van der Waals surface area contributed by atoms with E-state index in [9.17, 15) is 20.0 Å². The van der Waals surface area contributed by atoms with Crippen LogP contribution in [0, 0.1) is 21.4 Å². The summed E-state index contributed by atoms with van der Waals surface area (Å²) >= 11 is 11.6. The molecule has 0 saturated heterocycles. The third kappa shape index (κ3) is 4.47. The van der Waals surface area contributed by atoms with E-state index in [1.54, 1.807) is 6.07 Å². The molecule has 0 fully saturated rings. The number of halogens is 2. The highest BCUT2D eigenvalue weighted by Crippen LogP contribution is 2.33. The van der Waals surface area contributed by atoms with Crippen molar-refractivity contribution in [2.75, 3.05) is 5.32 Å². The molecule has 0 atom stereocenters. The molecule has 7 nitrogen and oxygen atoms in total. The first-order valence-electron chi connectivity index (χ1n) is 6.67. The fraction of sp³-hybridized carbons (Fsp3) is 0. The zero-order chi connectivity index (χ0) is 18.6. The smallest absolute Gasteiger partial charge is 0.271 e. The van der Waals surface area contributed by atoms with Crippen LogP contribution in [-0.4, -0.2) is 15.9 Å². The van der Waals surface area contributed by atoms with Crippen molar-refractivity contribution in [3.8, 4) is 11.8 Å². The molecule has 0 heterocycles. The summed E-state index contributed by atoms with van der Waals surface area (Å²) < 4.78 is 0. The number of amides is 1. The average Bonchev–Trinajstić information content (AvgIpc) is 2.57. The van der Waals surface area contributed by atoms with Gasteiger partial charge in [0.1, 0.15) is 11.6 Å². The zero-order valence-corrected chi connectivity index (χ0v) is 13.9. The standard InChI is InChI=1S/C16H9Cl2N3O4/c17-13-5-9(6-14(18)15(13)22)4-10(8-19)16(23)20-11-2-1-3-12(7-11)21(24)25/h1-7,22H,(H,20,23). The van der Waals surface area contributed by atoms with Gasteiger partial charge in [-0.1, -0.05) is 29.3 Å². The molecular formula is C16H9Cl2N3O4. The molecule has 2 aromatic rings. The van der Waals surface area contributed by atoms with Crippen LogP contribution >= 0.6 is 23.2 Å². The molecular weight excluding hydrogens is 369 g/mol. The van der Waals surface area contributed by atoms with Crippen molar-refractivity contribution in [2.24, 2.45) is 0 Å². The lowest BCUT2D eigenvalue weighted by atomic mass is 10.1. The number of nitriles is 1. The van der Waals surface area contributed by atoms with Crippen LogP contribution in [0.3, 0.4) is 0 Å². The summed E-state index contributed by atoms with van der Waals surface area (Å²) in [5.74, 6) is -1.07. The van der Waals surface area contributed by atoms with Crippen molar-refractivity contribution < 1.29 is 14.8 Å². The second-order valence-corrected chi connectivity index (χ2v) is 5.58. The molecule has 2 rings (SSSR count). The van der Waals surface area contributed by atoms with Crippen molar-refractivity contribution in [2.45, 2.75) is 0 Å². The average molecular weight is 378 g/mol. The maximum atomic E-state index is 12.2. The molecule has 0 radical (unpaired) electrons. The van der Waals surface area contributed by atoms with Gasteiger partial charge < -0.3 is 10.4 Å². The lowest BCUT2D eigenvalue weighted by molar-refractivity contribution is -0.384. The number of hydrogen-bond donors (Lipinski definition) is 2. The number of benzene rings is 2. The van der Waals surface area contributed by atoms with Crippen LogP contribution in [0.2, 0.25) is 10.0 Å². The molecule has 0 aliphatic heterocycles. The van der Waals surface area contributed by atoms with Crippen LogP contribution in [0.1, 0.15) is 5.56 Å². The Labute approximate surface area is 151 Å². The van der Waals surface area contributed by atoms with E-state index in [0.717, 1.165) is 0 Å². The SMILES string of the molecule is N#CC(=Cc1cc(Cl)c(O)c(Cl)c1)C(=O)Nc1cccc([N+](=O)[O-])c1. The number of anilines is 1. The Balaban J connectivity index is 2.29. The number of carbonyl (C=O) groups excluding carboxylic acids is 1. The first-order valence-corrected chi connectivity index (χ1v) is 7.43. The Morgan fingerprint density at radius 1 is 1.28 bits per heavy atom. The molecule has 0 saturated carbocycles. The van der Waals surface area contributed by atoms with Gasteiger partial charge in [-0.25, -0.2) is 0 Å². The summed E-state index contributed by atoms with van der Waals surface area (Å²) in [7, 11) is 0. The van der Waals surface area contributed by atoms with Crippen LogP contribution in [0.5, 0.6) is 5.75 Å². The van der Waals surface area contributed by atoms with Crippen LogP contribution in [0.15, 0.2) is 42.0 Å². The van der Waals surface area contributed by atoms with Gasteiger partial charge in [-0.15, -0.1) is 0 Å². The number of aromatic hydroxyl groups is 1. The van der Waals surface area contributed by atoms with Gasteiger partial charge in [-0.2, -0.15) is 5.26 Å². The molecule has 0 spiro atoms. The number of nitrogens with zero attached hydrogens (tertiary/aromatic N) is 2. The summed E-state index contributed by atoms with van der Waals surface area (Å²) in [6.45, 7) is 0. The number of carbonyl (C=O) groups is 1. The fourth-order valence-electron chi connectivity index (χ4n) is 1.88. The summed E-state index contributed by atoms with van der Waals surface area (Å²) in [4.78, 5) is 22.3. The minimum absolute atomic E-state index is 0.0323. The summed E-state index contributed by atoms with van der Waals surface area (Å²) in [6.07, 6.45) is 1.23. The summed E-state index contributed by atoms with van der Waals surface area (Å²) in [6, 6.07) is 9.70. The highest BCUT2D eigenvalue weighted by molar-refractivity contribution is 6.37. The monoisotopic (exact) mass is 377 g/mol. The molecule has 9 heteroatoms. The third-order valence-corrected chi connectivity index (χ3v) is 3.61. The van der Waals surface area contributed by atoms with E-state index in [2.05, 4.69) is 5.32 Å². The molecule has 0 aliphatic rings. The maximum Gasteiger partial charge on any atom is 0.271 e. The van der Waals surface area contributed by atoms with Crippen molar-refractivity contribution in [3.63, 3.8) is 0 Å². The Morgan fingerprint density at radius 3 is 2.48 bits per heavy atom. The molecule has 1 amide bonds. The number of non-ortho nitro benzene ring substituents is 1. The van der Waals surface area contributed by atoms with Gasteiger partial charge in [0.05, 0.1) is 15.0 Å². The largest absolute Gasteiger partial charge is 0.505 e. The van der Waals surface area contributed by atoms with Gasteiger partial charge in [0.15, 0.2) is 5.75 Å².